The molecule has 0 aliphatic rings. The number of alkyl halides is 3. The van der Waals surface area contributed by atoms with Crippen molar-refractivity contribution >= 4 is 21.9 Å². The summed E-state index contributed by atoms with van der Waals surface area (Å²) in [5.74, 6) is -1.62. The van der Waals surface area contributed by atoms with Crippen molar-refractivity contribution in [2.24, 2.45) is 0 Å². The van der Waals surface area contributed by atoms with Crippen LogP contribution in [0.5, 0.6) is 5.75 Å². The quantitative estimate of drug-likeness (QED) is 0.805. The second kappa shape index (κ2) is 5.35. The number of hydrogen-bond donors (Lipinski definition) is 0. The van der Waals surface area contributed by atoms with E-state index in [0.717, 1.165) is 6.20 Å². The number of nitrogens with zero attached hydrogens (tertiary/aromatic N) is 1. The Labute approximate surface area is 103 Å². The zero-order valence-electron chi connectivity index (χ0n) is 8.55. The predicted molar refractivity (Wildman–Crippen MR) is 54.6 cm³/mol. The van der Waals surface area contributed by atoms with E-state index in [-0.39, 0.29) is 16.6 Å². The number of esters is 1. The summed E-state index contributed by atoms with van der Waals surface area (Å²) in [6.07, 6.45) is -2.93. The molecule has 0 atom stereocenters. The number of carbonyl (C=O) groups excluding carboxylic acids is 1. The predicted octanol–water partition coefficient (Wildman–Crippen LogP) is 2.92. The van der Waals surface area contributed by atoms with Gasteiger partial charge in [0.2, 0.25) is 0 Å². The Kier molecular flexibility index (Phi) is 4.33. The zero-order valence-corrected chi connectivity index (χ0v) is 10.1. The van der Waals surface area contributed by atoms with Gasteiger partial charge in [0, 0.05) is 6.20 Å². The first-order valence-electron chi connectivity index (χ1n) is 4.41. The van der Waals surface area contributed by atoms with Crippen LogP contribution in [0.15, 0.2) is 16.9 Å². The Morgan fingerprint density at radius 1 is 1.47 bits per heavy atom. The van der Waals surface area contributed by atoms with E-state index in [1.807, 2.05) is 0 Å². The first-order chi connectivity index (χ1) is 7.85. The maximum absolute atomic E-state index is 12.1. The molecule has 17 heavy (non-hydrogen) atoms. The summed E-state index contributed by atoms with van der Waals surface area (Å²) >= 11 is 2.91. The molecule has 0 bridgehead atoms. The van der Waals surface area contributed by atoms with Gasteiger partial charge in [0.25, 0.3) is 0 Å². The molecule has 8 heteroatoms. The number of rotatable bonds is 3. The van der Waals surface area contributed by atoms with E-state index in [1.54, 1.807) is 0 Å². The topological polar surface area (TPSA) is 48.4 Å². The molecule has 1 heterocycles. The highest BCUT2D eigenvalue weighted by atomic mass is 79.9. The minimum atomic E-state index is -4.90. The molecule has 0 unspecified atom stereocenters. The van der Waals surface area contributed by atoms with E-state index in [4.69, 9.17) is 0 Å². The molecule has 0 aliphatic heterocycles. The lowest BCUT2D eigenvalue weighted by Gasteiger charge is -2.12. The van der Waals surface area contributed by atoms with Crippen LogP contribution < -0.4 is 4.74 Å². The highest BCUT2D eigenvalue weighted by molar-refractivity contribution is 9.10. The third-order valence-electron chi connectivity index (χ3n) is 1.57. The molecule has 1 aromatic heterocycles. The zero-order chi connectivity index (χ0) is 13.1. The summed E-state index contributed by atoms with van der Waals surface area (Å²) in [6.45, 7) is 1.58. The van der Waals surface area contributed by atoms with Crippen LogP contribution in [0.25, 0.3) is 0 Å². The molecule has 1 rings (SSSR count). The Morgan fingerprint density at radius 2 is 2.12 bits per heavy atom. The van der Waals surface area contributed by atoms with Crippen LogP contribution in [0.4, 0.5) is 13.2 Å². The van der Waals surface area contributed by atoms with Crippen LogP contribution in [0, 0.1) is 0 Å². The molecule has 0 saturated heterocycles. The molecule has 0 fully saturated rings. The average Bonchev–Trinajstić information content (AvgIpc) is 2.15. The van der Waals surface area contributed by atoms with Crippen LogP contribution in [0.3, 0.4) is 0 Å². The van der Waals surface area contributed by atoms with Crippen LogP contribution in [0.1, 0.15) is 17.3 Å². The summed E-state index contributed by atoms with van der Waals surface area (Å²) in [5.41, 5.74) is -0.348. The Hall–Kier alpha value is -1.31. The Morgan fingerprint density at radius 3 is 2.65 bits per heavy atom. The second-order valence-electron chi connectivity index (χ2n) is 2.76. The highest BCUT2D eigenvalue weighted by Crippen LogP contribution is 2.30. The van der Waals surface area contributed by atoms with Crippen LogP contribution in [-0.2, 0) is 4.74 Å². The first kappa shape index (κ1) is 13.8. The number of ether oxygens (including phenoxy) is 2. The van der Waals surface area contributed by atoms with Gasteiger partial charge < -0.3 is 9.47 Å². The van der Waals surface area contributed by atoms with Gasteiger partial charge in [-0.15, -0.1) is 13.2 Å². The number of carbonyl (C=O) groups is 1. The van der Waals surface area contributed by atoms with Gasteiger partial charge >= 0.3 is 12.3 Å². The smallest absolute Gasteiger partial charge is 0.462 e. The standard InChI is InChI=1S/C9H7BrF3NO3/c1-2-16-8(15)7-5(10)3-14-4-6(7)17-9(11,12)13/h3-4H,2H2,1H3. The van der Waals surface area contributed by atoms with Gasteiger partial charge in [-0.05, 0) is 22.9 Å². The fourth-order valence-electron chi connectivity index (χ4n) is 1.02. The molecule has 4 nitrogen and oxygen atoms in total. The van der Waals surface area contributed by atoms with E-state index in [0.29, 0.717) is 0 Å². The third-order valence-corrected chi connectivity index (χ3v) is 2.17. The molecule has 0 saturated carbocycles. The van der Waals surface area contributed by atoms with Gasteiger partial charge in [0.15, 0.2) is 5.75 Å². The maximum atomic E-state index is 12.1. The molecular formula is C9H7BrF3NO3. The lowest BCUT2D eigenvalue weighted by atomic mass is 10.2. The molecule has 0 radical (unpaired) electrons. The van der Waals surface area contributed by atoms with Crippen LogP contribution in [-0.4, -0.2) is 23.9 Å². The van der Waals surface area contributed by atoms with E-state index in [1.165, 1.54) is 13.1 Å². The second-order valence-corrected chi connectivity index (χ2v) is 3.62. The van der Waals surface area contributed by atoms with Gasteiger partial charge in [0.05, 0.1) is 17.3 Å². The number of hydrogen-bond acceptors (Lipinski definition) is 4. The minimum absolute atomic E-state index is 0.0407. The van der Waals surface area contributed by atoms with Gasteiger partial charge in [-0.3, -0.25) is 4.98 Å². The van der Waals surface area contributed by atoms with Crippen molar-refractivity contribution in [3.05, 3.63) is 22.4 Å². The molecule has 0 amide bonds. The fraction of sp³-hybridized carbons (Fsp3) is 0.333. The molecule has 0 aromatic carbocycles. The van der Waals surface area contributed by atoms with Gasteiger partial charge in [-0.1, -0.05) is 0 Å². The van der Waals surface area contributed by atoms with Crippen molar-refractivity contribution < 1.29 is 27.4 Å². The molecule has 1 aromatic rings. The molecule has 0 spiro atoms. The van der Waals surface area contributed by atoms with Crippen molar-refractivity contribution in [3.8, 4) is 5.75 Å². The maximum Gasteiger partial charge on any atom is 0.573 e. The Balaban J connectivity index is 3.13. The summed E-state index contributed by atoms with van der Waals surface area (Å²) in [6, 6.07) is 0. The van der Waals surface area contributed by atoms with E-state index in [2.05, 4.69) is 30.4 Å². The van der Waals surface area contributed by atoms with E-state index >= 15 is 0 Å². The van der Waals surface area contributed by atoms with E-state index in [9.17, 15) is 18.0 Å². The van der Waals surface area contributed by atoms with Crippen molar-refractivity contribution in [2.75, 3.05) is 6.61 Å². The SMILES string of the molecule is CCOC(=O)c1c(Br)cncc1OC(F)(F)F. The number of aromatic nitrogens is 1. The molecule has 0 aliphatic carbocycles. The van der Waals surface area contributed by atoms with Gasteiger partial charge in [-0.25, -0.2) is 4.79 Å². The van der Waals surface area contributed by atoms with Crippen LogP contribution >= 0.6 is 15.9 Å². The first-order valence-corrected chi connectivity index (χ1v) is 5.20. The molecule has 0 N–H and O–H groups in total. The Bertz CT molecular complexity index is 422. The van der Waals surface area contributed by atoms with Crippen molar-refractivity contribution in [1.82, 2.24) is 4.98 Å². The normalized spacial score (nSPS) is 11.1. The highest BCUT2D eigenvalue weighted by Gasteiger charge is 2.34. The van der Waals surface area contributed by atoms with Gasteiger partial charge in [-0.2, -0.15) is 0 Å². The van der Waals surface area contributed by atoms with Crippen molar-refractivity contribution in [2.45, 2.75) is 13.3 Å². The largest absolute Gasteiger partial charge is 0.573 e. The summed E-state index contributed by atoms with van der Waals surface area (Å²) < 4.78 is 44.6. The molecule has 94 valence electrons. The van der Waals surface area contributed by atoms with Crippen molar-refractivity contribution in [3.63, 3.8) is 0 Å². The summed E-state index contributed by atoms with van der Waals surface area (Å²) in [4.78, 5) is 14.9. The molecular weight excluding hydrogens is 307 g/mol. The summed E-state index contributed by atoms with van der Waals surface area (Å²) in [5, 5.41) is 0. The lowest BCUT2D eigenvalue weighted by Crippen LogP contribution is -2.20. The van der Waals surface area contributed by atoms with Crippen molar-refractivity contribution in [1.29, 1.82) is 0 Å². The number of pyridine rings is 1. The number of halogens is 4. The third kappa shape index (κ3) is 3.88. The minimum Gasteiger partial charge on any atom is -0.462 e. The van der Waals surface area contributed by atoms with E-state index < -0.39 is 18.1 Å². The fourth-order valence-corrected chi connectivity index (χ4v) is 1.50. The van der Waals surface area contributed by atoms with Crippen LogP contribution in [0.2, 0.25) is 0 Å². The summed E-state index contributed by atoms with van der Waals surface area (Å²) in [7, 11) is 0. The van der Waals surface area contributed by atoms with Gasteiger partial charge in [0.1, 0.15) is 5.56 Å². The monoisotopic (exact) mass is 313 g/mol. The average molecular weight is 314 g/mol. The lowest BCUT2D eigenvalue weighted by molar-refractivity contribution is -0.274.